The maximum absolute atomic E-state index is 10.7. The molecule has 0 saturated carbocycles. The van der Waals surface area contributed by atoms with Crippen molar-refractivity contribution in [3.63, 3.8) is 0 Å². The molecular formula is C8H10N2O2. The Labute approximate surface area is 70.4 Å². The van der Waals surface area contributed by atoms with Crippen LogP contribution in [0.4, 0.5) is 0 Å². The monoisotopic (exact) mass is 166 g/mol. The van der Waals surface area contributed by atoms with E-state index in [4.69, 9.17) is 10.5 Å². The first-order chi connectivity index (χ1) is 5.65. The smallest absolute Gasteiger partial charge is 0.250 e. The predicted octanol–water partition coefficient (Wildman–Crippen LogP) is 0.498. The van der Waals surface area contributed by atoms with Crippen LogP contribution in [0.5, 0.6) is 5.75 Å². The van der Waals surface area contributed by atoms with Gasteiger partial charge < -0.3 is 10.5 Å². The van der Waals surface area contributed by atoms with Crippen molar-refractivity contribution < 1.29 is 9.53 Å². The normalized spacial score (nSPS) is 9.50. The number of ether oxygens (including phenoxy) is 1. The van der Waals surface area contributed by atoms with E-state index < -0.39 is 5.91 Å². The van der Waals surface area contributed by atoms with Gasteiger partial charge in [-0.1, -0.05) is 0 Å². The molecule has 0 radical (unpaired) electrons. The van der Waals surface area contributed by atoms with Crippen molar-refractivity contribution in [2.75, 3.05) is 7.11 Å². The Bertz CT molecular complexity index is 310. The molecule has 1 aromatic rings. The molecule has 4 heteroatoms. The summed E-state index contributed by atoms with van der Waals surface area (Å²) < 4.78 is 4.97. The summed E-state index contributed by atoms with van der Waals surface area (Å²) in [4.78, 5) is 14.7. The van der Waals surface area contributed by atoms with E-state index in [1.807, 2.05) is 0 Å². The van der Waals surface area contributed by atoms with Gasteiger partial charge in [0.1, 0.15) is 5.75 Å². The maximum Gasteiger partial charge on any atom is 0.250 e. The van der Waals surface area contributed by atoms with E-state index in [9.17, 15) is 4.79 Å². The van der Waals surface area contributed by atoms with Gasteiger partial charge in [-0.15, -0.1) is 0 Å². The highest BCUT2D eigenvalue weighted by atomic mass is 16.5. The number of methoxy groups -OCH3 is 1. The Hall–Kier alpha value is -1.58. The predicted molar refractivity (Wildman–Crippen MR) is 44.0 cm³/mol. The fourth-order valence-corrected chi connectivity index (χ4v) is 0.854. The Morgan fingerprint density at radius 3 is 2.83 bits per heavy atom. The molecule has 1 aromatic heterocycles. The molecule has 2 N–H and O–H groups in total. The molecule has 0 unspecified atom stereocenters. The fraction of sp³-hybridized carbons (Fsp3) is 0.250. The van der Waals surface area contributed by atoms with Crippen molar-refractivity contribution in [3.05, 3.63) is 23.5 Å². The minimum absolute atomic E-state index is 0.359. The molecule has 0 fully saturated rings. The summed E-state index contributed by atoms with van der Waals surface area (Å²) in [5.41, 5.74) is 6.15. The van der Waals surface area contributed by atoms with Crippen LogP contribution >= 0.6 is 0 Å². The van der Waals surface area contributed by atoms with Crippen LogP contribution in [0.1, 0.15) is 16.1 Å². The quantitative estimate of drug-likeness (QED) is 0.695. The Morgan fingerprint density at radius 1 is 1.67 bits per heavy atom. The van der Waals surface area contributed by atoms with Crippen molar-refractivity contribution in [1.82, 2.24) is 4.98 Å². The molecule has 64 valence electrons. The van der Waals surface area contributed by atoms with Crippen LogP contribution in [0.15, 0.2) is 12.3 Å². The highest BCUT2D eigenvalue weighted by molar-refractivity contribution is 5.92. The van der Waals surface area contributed by atoms with Gasteiger partial charge in [0, 0.05) is 6.20 Å². The van der Waals surface area contributed by atoms with E-state index in [2.05, 4.69) is 4.98 Å². The standard InChI is InChI=1S/C8H10N2O2/c1-5-7(12-2)3-6(4-10-5)8(9)11/h3-4H,1-2H3,(H2,9,11). The van der Waals surface area contributed by atoms with Crippen molar-refractivity contribution in [2.24, 2.45) is 5.73 Å². The zero-order valence-corrected chi connectivity index (χ0v) is 7.00. The van der Waals surface area contributed by atoms with E-state index >= 15 is 0 Å². The molecule has 1 amide bonds. The van der Waals surface area contributed by atoms with Gasteiger partial charge in [-0.3, -0.25) is 9.78 Å². The van der Waals surface area contributed by atoms with Gasteiger partial charge in [-0.05, 0) is 13.0 Å². The number of hydrogen-bond acceptors (Lipinski definition) is 3. The van der Waals surface area contributed by atoms with Gasteiger partial charge in [0.25, 0.3) is 0 Å². The Balaban J connectivity index is 3.13. The molecule has 0 aliphatic carbocycles. The number of primary amides is 1. The van der Waals surface area contributed by atoms with Gasteiger partial charge in [-0.2, -0.15) is 0 Å². The van der Waals surface area contributed by atoms with Crippen LogP contribution in [0.2, 0.25) is 0 Å². The van der Waals surface area contributed by atoms with Crippen molar-refractivity contribution >= 4 is 5.91 Å². The third kappa shape index (κ3) is 1.53. The first kappa shape index (κ1) is 8.52. The first-order valence-corrected chi connectivity index (χ1v) is 3.45. The molecule has 0 aromatic carbocycles. The first-order valence-electron chi connectivity index (χ1n) is 3.45. The highest BCUT2D eigenvalue weighted by Crippen LogP contribution is 2.15. The van der Waals surface area contributed by atoms with Crippen molar-refractivity contribution in [2.45, 2.75) is 6.92 Å². The van der Waals surface area contributed by atoms with Crippen molar-refractivity contribution in [1.29, 1.82) is 0 Å². The van der Waals surface area contributed by atoms with Crippen LogP contribution in [0.3, 0.4) is 0 Å². The molecule has 0 atom stereocenters. The molecule has 4 nitrogen and oxygen atoms in total. The molecule has 12 heavy (non-hydrogen) atoms. The number of nitrogens with zero attached hydrogens (tertiary/aromatic N) is 1. The van der Waals surface area contributed by atoms with Crippen LogP contribution in [0.25, 0.3) is 0 Å². The zero-order chi connectivity index (χ0) is 9.14. The minimum atomic E-state index is -0.499. The van der Waals surface area contributed by atoms with Gasteiger partial charge in [0.05, 0.1) is 18.4 Å². The second-order valence-electron chi connectivity index (χ2n) is 2.38. The summed E-state index contributed by atoms with van der Waals surface area (Å²) >= 11 is 0. The molecule has 0 saturated heterocycles. The Morgan fingerprint density at radius 2 is 2.33 bits per heavy atom. The topological polar surface area (TPSA) is 65.2 Å². The lowest BCUT2D eigenvalue weighted by atomic mass is 10.2. The summed E-state index contributed by atoms with van der Waals surface area (Å²) in [5, 5.41) is 0. The molecule has 0 spiro atoms. The number of amides is 1. The second-order valence-corrected chi connectivity index (χ2v) is 2.38. The number of nitrogens with two attached hydrogens (primary N) is 1. The molecule has 1 rings (SSSR count). The number of hydrogen-bond donors (Lipinski definition) is 1. The van der Waals surface area contributed by atoms with E-state index in [0.29, 0.717) is 11.3 Å². The van der Waals surface area contributed by atoms with Gasteiger partial charge >= 0.3 is 0 Å². The third-order valence-electron chi connectivity index (χ3n) is 1.54. The minimum Gasteiger partial charge on any atom is -0.495 e. The van der Waals surface area contributed by atoms with E-state index in [1.165, 1.54) is 13.3 Å². The SMILES string of the molecule is COc1cc(C(N)=O)cnc1C. The number of carbonyl (C=O) groups excluding carboxylic acids is 1. The van der Waals surface area contributed by atoms with Crippen molar-refractivity contribution in [3.8, 4) is 5.75 Å². The summed E-state index contributed by atoms with van der Waals surface area (Å²) in [7, 11) is 1.52. The third-order valence-corrected chi connectivity index (χ3v) is 1.54. The maximum atomic E-state index is 10.7. The molecule has 1 heterocycles. The van der Waals surface area contributed by atoms with Crippen LogP contribution in [-0.4, -0.2) is 18.0 Å². The summed E-state index contributed by atoms with van der Waals surface area (Å²) in [6.45, 7) is 1.80. The van der Waals surface area contributed by atoms with Gasteiger partial charge in [0.2, 0.25) is 5.91 Å². The highest BCUT2D eigenvalue weighted by Gasteiger charge is 2.04. The van der Waals surface area contributed by atoms with E-state index in [1.54, 1.807) is 13.0 Å². The molecule has 0 aliphatic heterocycles. The van der Waals surface area contributed by atoms with E-state index in [-0.39, 0.29) is 0 Å². The van der Waals surface area contributed by atoms with Gasteiger partial charge in [-0.25, -0.2) is 0 Å². The number of aromatic nitrogens is 1. The lowest BCUT2D eigenvalue weighted by Crippen LogP contribution is -2.11. The second kappa shape index (κ2) is 3.21. The lowest BCUT2D eigenvalue weighted by molar-refractivity contribution is 0.0999. The van der Waals surface area contributed by atoms with E-state index in [0.717, 1.165) is 5.69 Å². The molecular weight excluding hydrogens is 156 g/mol. The Kier molecular flexibility index (Phi) is 2.28. The number of carbonyl (C=O) groups is 1. The molecule has 0 aliphatic rings. The fourth-order valence-electron chi connectivity index (χ4n) is 0.854. The zero-order valence-electron chi connectivity index (χ0n) is 7.00. The number of aryl methyl sites for hydroxylation is 1. The summed E-state index contributed by atoms with van der Waals surface area (Å²) in [6, 6.07) is 1.57. The van der Waals surface area contributed by atoms with Crippen LogP contribution in [-0.2, 0) is 0 Å². The van der Waals surface area contributed by atoms with Crippen LogP contribution < -0.4 is 10.5 Å². The van der Waals surface area contributed by atoms with Gasteiger partial charge in [0.15, 0.2) is 0 Å². The average molecular weight is 166 g/mol. The average Bonchev–Trinajstić information content (AvgIpc) is 2.05. The summed E-state index contributed by atoms with van der Waals surface area (Å²) in [5.74, 6) is 0.0760. The number of pyridine rings is 1. The van der Waals surface area contributed by atoms with Crippen LogP contribution in [0, 0.1) is 6.92 Å². The summed E-state index contributed by atoms with van der Waals surface area (Å²) in [6.07, 6.45) is 1.43. The largest absolute Gasteiger partial charge is 0.495 e. The lowest BCUT2D eigenvalue weighted by Gasteiger charge is -2.03. The molecule has 0 bridgehead atoms. The number of rotatable bonds is 2.